The van der Waals surface area contributed by atoms with Crippen LogP contribution in [0.1, 0.15) is 18.4 Å². The molecule has 3 aliphatic rings. The van der Waals surface area contributed by atoms with Crippen molar-refractivity contribution >= 4 is 30.9 Å². The first kappa shape index (κ1) is 17.8. The van der Waals surface area contributed by atoms with Gasteiger partial charge in [0.05, 0.1) is 0 Å². The third-order valence-electron chi connectivity index (χ3n) is 6.08. The molecule has 5 nitrogen and oxygen atoms in total. The van der Waals surface area contributed by atoms with Crippen LogP contribution in [0.15, 0.2) is 18.5 Å². The Kier molecular flexibility index (Phi) is 4.02. The summed E-state index contributed by atoms with van der Waals surface area (Å²) >= 11 is -1.57. The van der Waals surface area contributed by atoms with E-state index in [0.717, 1.165) is 44.7 Å². The van der Waals surface area contributed by atoms with E-state index in [0.29, 0.717) is 27.9 Å². The van der Waals surface area contributed by atoms with E-state index in [1.54, 1.807) is 23.7 Å². The number of rotatable bonds is 4. The fourth-order valence-electron chi connectivity index (χ4n) is 4.40. The number of piperidine rings is 1. The number of hydrogen-bond acceptors (Lipinski definition) is 4. The number of nitrogens with zero attached hydrogens (tertiary/aromatic N) is 3. The van der Waals surface area contributed by atoms with E-state index >= 15 is 0 Å². The van der Waals surface area contributed by atoms with Gasteiger partial charge in [-0.15, -0.1) is 0 Å². The zero-order chi connectivity index (χ0) is 18.8. The maximum atomic E-state index is 13.0. The van der Waals surface area contributed by atoms with E-state index in [1.807, 2.05) is 6.07 Å². The molecule has 9 heteroatoms. The van der Waals surface area contributed by atoms with Crippen molar-refractivity contribution in [2.75, 3.05) is 31.6 Å². The van der Waals surface area contributed by atoms with E-state index in [9.17, 15) is 13.2 Å². The molecule has 5 rings (SSSR count). The van der Waals surface area contributed by atoms with Crippen molar-refractivity contribution in [3.05, 3.63) is 24.0 Å². The fraction of sp³-hybridized carbons (Fsp3) is 0.611. The molecule has 0 spiro atoms. The fourth-order valence-corrected chi connectivity index (χ4v) is 5.87. The summed E-state index contributed by atoms with van der Waals surface area (Å²) in [7, 11) is 0. The van der Waals surface area contributed by atoms with Crippen molar-refractivity contribution in [1.82, 2.24) is 14.3 Å². The first-order valence-electron chi connectivity index (χ1n) is 9.17. The van der Waals surface area contributed by atoms with Crippen molar-refractivity contribution in [3.8, 4) is 0 Å². The average molecular weight is 445 g/mol. The van der Waals surface area contributed by atoms with Crippen molar-refractivity contribution < 1.29 is 17.9 Å². The molecule has 0 radical (unpaired) electrons. The van der Waals surface area contributed by atoms with Crippen LogP contribution < -0.4 is 9.91 Å². The van der Waals surface area contributed by atoms with Gasteiger partial charge in [0, 0.05) is 0 Å². The van der Waals surface area contributed by atoms with Crippen LogP contribution in [0.5, 0.6) is 0 Å². The monoisotopic (exact) mass is 446 g/mol. The Labute approximate surface area is 161 Å². The predicted molar refractivity (Wildman–Crippen MR) is 96.6 cm³/mol. The molecule has 0 amide bonds. The quantitative estimate of drug-likeness (QED) is 0.729. The van der Waals surface area contributed by atoms with Crippen LogP contribution in [0, 0.1) is 12.8 Å². The minimum absolute atomic E-state index is 0.0451. The summed E-state index contributed by atoms with van der Waals surface area (Å²) in [5.41, 5.74) is 1.46. The Balaban J connectivity index is 1.38. The van der Waals surface area contributed by atoms with Crippen LogP contribution in [0.2, 0.25) is 0 Å². The summed E-state index contributed by atoms with van der Waals surface area (Å²) in [6, 6.07) is 2.39. The first-order valence-corrected chi connectivity index (χ1v) is 10.9. The van der Waals surface area contributed by atoms with Gasteiger partial charge in [0.2, 0.25) is 0 Å². The number of hydrogen-bond donors (Lipinski definition) is 1. The molecule has 0 aromatic carbocycles. The molecule has 2 aliphatic heterocycles. The number of nitrogens with one attached hydrogen (secondary N) is 1. The Morgan fingerprint density at radius 3 is 2.85 bits per heavy atom. The molecule has 2 aromatic rings. The molecule has 1 aliphatic carbocycles. The number of alkyl halides is 3. The molecule has 1 saturated carbocycles. The van der Waals surface area contributed by atoms with Gasteiger partial charge in [-0.3, -0.25) is 0 Å². The Hall–Kier alpha value is -1.28. The first-order chi connectivity index (χ1) is 12.8. The van der Waals surface area contributed by atoms with E-state index in [2.05, 4.69) is 15.2 Å². The predicted octanol–water partition coefficient (Wildman–Crippen LogP) is 1.77. The molecule has 3 fully saturated rings. The third-order valence-corrected chi connectivity index (χ3v) is 8.06. The molecule has 1 N–H and O–H groups in total. The third kappa shape index (κ3) is 3.14. The van der Waals surface area contributed by atoms with Crippen LogP contribution in [0.3, 0.4) is 0 Å². The van der Waals surface area contributed by atoms with E-state index in [1.165, 1.54) is 0 Å². The molecule has 2 aromatic heterocycles. The summed E-state index contributed by atoms with van der Waals surface area (Å²) in [5, 5.41) is -0.556. The normalized spacial score (nSPS) is 28.8. The topological polar surface area (TPSA) is 41.8 Å². The Morgan fingerprint density at radius 1 is 1.37 bits per heavy atom. The van der Waals surface area contributed by atoms with Gasteiger partial charge < -0.3 is 0 Å². The van der Waals surface area contributed by atoms with E-state index in [-0.39, 0.29) is 5.54 Å². The molecule has 2 atom stereocenters. The van der Waals surface area contributed by atoms with Gasteiger partial charge >= 0.3 is 161 Å². The molecule has 0 bridgehead atoms. The van der Waals surface area contributed by atoms with Gasteiger partial charge in [-0.1, -0.05) is 0 Å². The zero-order valence-electron chi connectivity index (χ0n) is 14.9. The molecule has 4 heterocycles. The summed E-state index contributed by atoms with van der Waals surface area (Å²) in [5.74, 6) is 1.27. The average Bonchev–Trinajstić information content (AvgIpc) is 3.16. The van der Waals surface area contributed by atoms with Crippen molar-refractivity contribution in [2.45, 2.75) is 36.4 Å². The number of fused-ring (bicyclic) bond motifs is 2. The van der Waals surface area contributed by atoms with Crippen LogP contribution in [0.4, 0.5) is 19.0 Å². The van der Waals surface area contributed by atoms with Gasteiger partial charge in [-0.25, -0.2) is 0 Å². The second-order valence-corrected chi connectivity index (χ2v) is 10.0. The summed E-state index contributed by atoms with van der Waals surface area (Å²) in [6.45, 7) is 5.51. The van der Waals surface area contributed by atoms with E-state index in [4.69, 9.17) is 4.74 Å². The zero-order valence-corrected chi connectivity index (χ0v) is 16.6. The molecule has 27 heavy (non-hydrogen) atoms. The van der Waals surface area contributed by atoms with Crippen LogP contribution in [0.25, 0.3) is 5.52 Å². The van der Waals surface area contributed by atoms with Gasteiger partial charge in [-0.05, 0) is 0 Å². The SMILES string of the molecule is Cc1cc2c(NC34CCN(C5COC5)CC3C4)nccn2c1[Se]C(F)(F)F. The van der Waals surface area contributed by atoms with Gasteiger partial charge in [0.15, 0.2) is 0 Å². The van der Waals surface area contributed by atoms with Crippen molar-refractivity contribution in [2.24, 2.45) is 5.92 Å². The minimum atomic E-state index is -4.17. The molecule has 2 saturated heterocycles. The van der Waals surface area contributed by atoms with Crippen molar-refractivity contribution in [1.29, 1.82) is 0 Å². The number of aryl methyl sites for hydroxylation is 1. The maximum absolute atomic E-state index is 13.0. The summed E-state index contributed by atoms with van der Waals surface area (Å²) in [4.78, 5) is 6.98. The molecular formula is C18H21F3N4OSe. The molecular weight excluding hydrogens is 424 g/mol. The Bertz CT molecular complexity index is 881. The Morgan fingerprint density at radius 2 is 2.19 bits per heavy atom. The second kappa shape index (κ2) is 6.11. The van der Waals surface area contributed by atoms with Gasteiger partial charge in [-0.2, -0.15) is 0 Å². The summed E-state index contributed by atoms with van der Waals surface area (Å²) in [6.07, 6.45) is 5.37. The van der Waals surface area contributed by atoms with Crippen LogP contribution in [-0.2, 0) is 4.74 Å². The number of halogens is 3. The number of ether oxygens (including phenoxy) is 1. The number of likely N-dealkylation sites (tertiary alicyclic amines) is 1. The molecule has 146 valence electrons. The van der Waals surface area contributed by atoms with Gasteiger partial charge in [0.25, 0.3) is 0 Å². The molecule has 2 unspecified atom stereocenters. The van der Waals surface area contributed by atoms with E-state index < -0.39 is 20.0 Å². The van der Waals surface area contributed by atoms with Crippen LogP contribution in [-0.4, -0.2) is 72.2 Å². The standard InChI is InChI=1S/C18H21F3N4OSe/c1-11-6-14-15(22-3-5-25(14)16(11)27-18(19,20)21)23-17-2-4-24(8-12(17)7-17)13-9-26-10-13/h3,5-6,12-13H,2,4,7-10H2,1H3,(H,22,23). The number of anilines is 1. The summed E-state index contributed by atoms with van der Waals surface area (Å²) < 4.78 is 46.2. The van der Waals surface area contributed by atoms with Crippen molar-refractivity contribution in [3.63, 3.8) is 0 Å². The second-order valence-electron chi connectivity index (χ2n) is 7.83. The van der Waals surface area contributed by atoms with Crippen LogP contribution >= 0.6 is 0 Å². The van der Waals surface area contributed by atoms with Gasteiger partial charge in [0.1, 0.15) is 0 Å². The number of aromatic nitrogens is 2.